The molecule has 0 heterocycles. The van der Waals surface area contributed by atoms with Crippen LogP contribution in [0.2, 0.25) is 0 Å². The number of benzene rings is 1. The summed E-state index contributed by atoms with van der Waals surface area (Å²) in [6.07, 6.45) is -5.07. The molecule has 116 valence electrons. The molecule has 0 fully saturated rings. The van der Waals surface area contributed by atoms with Gasteiger partial charge >= 0.3 is 6.18 Å². The molecule has 0 unspecified atom stereocenters. The van der Waals surface area contributed by atoms with E-state index in [4.69, 9.17) is 9.84 Å². The minimum Gasteiger partial charge on any atom is -0.515 e. The van der Waals surface area contributed by atoms with Crippen LogP contribution < -0.4 is 4.74 Å². The standard InChI is InChI=1S/C14H13F5O2/c1-2-5-21-11-4-3-9(14(17,18)19)12-8(11)6-13(15,16)10(12)7-20/h3-4,7,20H,2,5-6H2,1H3/b10-7-. The number of rotatable bonds is 3. The monoisotopic (exact) mass is 308 g/mol. The van der Waals surface area contributed by atoms with Crippen molar-refractivity contribution in [3.63, 3.8) is 0 Å². The van der Waals surface area contributed by atoms with Gasteiger partial charge in [0.25, 0.3) is 5.92 Å². The third-order valence-corrected chi connectivity index (χ3v) is 3.23. The van der Waals surface area contributed by atoms with Gasteiger partial charge in [0.15, 0.2) is 0 Å². The number of aliphatic hydroxyl groups is 1. The van der Waals surface area contributed by atoms with Crippen molar-refractivity contribution in [2.24, 2.45) is 0 Å². The van der Waals surface area contributed by atoms with Crippen LogP contribution in [0, 0.1) is 0 Å². The molecule has 0 bridgehead atoms. The number of aliphatic hydroxyl groups excluding tert-OH is 1. The quantitative estimate of drug-likeness (QED) is 0.654. The maximum Gasteiger partial charge on any atom is 0.417 e. The molecule has 2 rings (SSSR count). The van der Waals surface area contributed by atoms with Crippen molar-refractivity contribution in [3.05, 3.63) is 35.1 Å². The lowest BCUT2D eigenvalue weighted by Crippen LogP contribution is -2.15. The fourth-order valence-electron chi connectivity index (χ4n) is 2.35. The molecule has 0 saturated heterocycles. The molecule has 7 heteroatoms. The molecule has 0 atom stereocenters. The highest BCUT2D eigenvalue weighted by atomic mass is 19.4. The van der Waals surface area contributed by atoms with E-state index in [0.29, 0.717) is 12.5 Å². The average Bonchev–Trinajstić information content (AvgIpc) is 2.64. The van der Waals surface area contributed by atoms with Crippen molar-refractivity contribution < 1.29 is 31.8 Å². The number of halogens is 5. The molecule has 1 aliphatic carbocycles. The van der Waals surface area contributed by atoms with Crippen molar-refractivity contribution in [2.75, 3.05) is 6.61 Å². The van der Waals surface area contributed by atoms with Crippen LogP contribution in [0.15, 0.2) is 18.4 Å². The molecule has 0 radical (unpaired) electrons. The van der Waals surface area contributed by atoms with E-state index >= 15 is 0 Å². The molecule has 0 saturated carbocycles. The zero-order valence-electron chi connectivity index (χ0n) is 11.1. The average molecular weight is 308 g/mol. The van der Waals surface area contributed by atoms with Crippen molar-refractivity contribution in [3.8, 4) is 5.75 Å². The first-order valence-corrected chi connectivity index (χ1v) is 6.31. The van der Waals surface area contributed by atoms with E-state index < -0.39 is 35.2 Å². The molecule has 0 spiro atoms. The van der Waals surface area contributed by atoms with Crippen LogP contribution >= 0.6 is 0 Å². The molecular weight excluding hydrogens is 295 g/mol. The van der Waals surface area contributed by atoms with Gasteiger partial charge in [-0.3, -0.25) is 0 Å². The zero-order chi connectivity index (χ0) is 15.8. The van der Waals surface area contributed by atoms with Crippen molar-refractivity contribution in [1.29, 1.82) is 0 Å². The molecule has 0 aliphatic heterocycles. The number of alkyl halides is 5. The highest BCUT2D eigenvalue weighted by molar-refractivity contribution is 5.81. The smallest absolute Gasteiger partial charge is 0.417 e. The Hall–Kier alpha value is -1.79. The van der Waals surface area contributed by atoms with Gasteiger partial charge in [-0.15, -0.1) is 0 Å². The molecule has 0 amide bonds. The fraction of sp³-hybridized carbons (Fsp3) is 0.429. The topological polar surface area (TPSA) is 29.5 Å². The van der Waals surface area contributed by atoms with Crippen LogP contribution in [0.1, 0.15) is 30.0 Å². The second kappa shape index (κ2) is 5.20. The predicted molar refractivity (Wildman–Crippen MR) is 66.5 cm³/mol. The van der Waals surface area contributed by atoms with E-state index in [1.165, 1.54) is 0 Å². The summed E-state index contributed by atoms with van der Waals surface area (Å²) in [6.45, 7) is 2.00. The molecule has 1 aliphatic rings. The van der Waals surface area contributed by atoms with Gasteiger partial charge in [-0.25, -0.2) is 8.78 Å². The van der Waals surface area contributed by atoms with Crippen LogP contribution in [-0.2, 0) is 12.6 Å². The third kappa shape index (κ3) is 2.69. The van der Waals surface area contributed by atoms with Gasteiger partial charge in [-0.05, 0) is 18.6 Å². The normalized spacial score (nSPS) is 18.9. The Kier molecular flexibility index (Phi) is 3.86. The fourth-order valence-corrected chi connectivity index (χ4v) is 2.35. The Labute approximate surface area is 117 Å². The third-order valence-electron chi connectivity index (χ3n) is 3.23. The van der Waals surface area contributed by atoms with Crippen LogP contribution in [0.5, 0.6) is 5.75 Å². The summed E-state index contributed by atoms with van der Waals surface area (Å²) in [5, 5.41) is 8.96. The first-order valence-electron chi connectivity index (χ1n) is 6.31. The Balaban J connectivity index is 2.66. The number of allylic oxidation sites excluding steroid dienone is 1. The zero-order valence-corrected chi connectivity index (χ0v) is 11.1. The summed E-state index contributed by atoms with van der Waals surface area (Å²) in [5.41, 5.74) is -3.11. The van der Waals surface area contributed by atoms with E-state index in [-0.39, 0.29) is 24.2 Å². The van der Waals surface area contributed by atoms with E-state index in [2.05, 4.69) is 0 Å². The van der Waals surface area contributed by atoms with Crippen molar-refractivity contribution in [2.45, 2.75) is 31.9 Å². The summed E-state index contributed by atoms with van der Waals surface area (Å²) >= 11 is 0. The van der Waals surface area contributed by atoms with Gasteiger partial charge in [0.1, 0.15) is 5.75 Å². The Bertz CT molecular complexity index is 575. The molecule has 1 aromatic rings. The van der Waals surface area contributed by atoms with E-state index in [1.54, 1.807) is 6.92 Å². The maximum atomic E-state index is 13.8. The lowest BCUT2D eigenvalue weighted by molar-refractivity contribution is -0.137. The largest absolute Gasteiger partial charge is 0.515 e. The molecule has 2 nitrogen and oxygen atoms in total. The number of hydrogen-bond donors (Lipinski definition) is 1. The summed E-state index contributed by atoms with van der Waals surface area (Å²) in [6, 6.07) is 1.75. The summed E-state index contributed by atoms with van der Waals surface area (Å²) in [7, 11) is 0. The second-order valence-electron chi connectivity index (χ2n) is 4.74. The number of fused-ring (bicyclic) bond motifs is 1. The highest BCUT2D eigenvalue weighted by Gasteiger charge is 2.49. The van der Waals surface area contributed by atoms with Crippen LogP contribution in [-0.4, -0.2) is 17.6 Å². The van der Waals surface area contributed by atoms with Gasteiger partial charge in [0.2, 0.25) is 0 Å². The number of hydrogen-bond acceptors (Lipinski definition) is 2. The van der Waals surface area contributed by atoms with Crippen LogP contribution in [0.25, 0.3) is 5.57 Å². The minimum atomic E-state index is -4.79. The van der Waals surface area contributed by atoms with Crippen molar-refractivity contribution in [1.82, 2.24) is 0 Å². The SMILES string of the molecule is CCCOc1ccc(C(F)(F)F)c2c1CC(F)(F)/C2=C\O. The minimum absolute atomic E-state index is 0.00336. The van der Waals surface area contributed by atoms with Gasteiger partial charge in [0.05, 0.1) is 24.0 Å². The summed E-state index contributed by atoms with van der Waals surface area (Å²) in [5.74, 6) is -3.56. The van der Waals surface area contributed by atoms with Crippen molar-refractivity contribution >= 4 is 5.57 Å². The van der Waals surface area contributed by atoms with Gasteiger partial charge in [-0.2, -0.15) is 13.2 Å². The van der Waals surface area contributed by atoms with E-state index in [0.717, 1.165) is 6.07 Å². The molecule has 21 heavy (non-hydrogen) atoms. The Morgan fingerprint density at radius 1 is 1.33 bits per heavy atom. The second-order valence-corrected chi connectivity index (χ2v) is 4.74. The lowest BCUT2D eigenvalue weighted by atomic mass is 9.99. The molecule has 1 aromatic carbocycles. The maximum absolute atomic E-state index is 13.8. The van der Waals surface area contributed by atoms with E-state index in [9.17, 15) is 22.0 Å². The summed E-state index contributed by atoms with van der Waals surface area (Å²) < 4.78 is 71.9. The van der Waals surface area contributed by atoms with Gasteiger partial charge < -0.3 is 9.84 Å². The lowest BCUT2D eigenvalue weighted by Gasteiger charge is -2.16. The first kappa shape index (κ1) is 15.6. The first-order chi connectivity index (χ1) is 9.72. The predicted octanol–water partition coefficient (Wildman–Crippen LogP) is 4.58. The van der Waals surface area contributed by atoms with Gasteiger partial charge in [0, 0.05) is 17.5 Å². The summed E-state index contributed by atoms with van der Waals surface area (Å²) in [4.78, 5) is 0. The van der Waals surface area contributed by atoms with Gasteiger partial charge in [-0.1, -0.05) is 6.92 Å². The van der Waals surface area contributed by atoms with Crippen LogP contribution in [0.4, 0.5) is 22.0 Å². The number of ether oxygens (including phenoxy) is 1. The molecule has 0 aromatic heterocycles. The Morgan fingerprint density at radius 2 is 2.00 bits per heavy atom. The molecule has 1 N–H and O–H groups in total. The van der Waals surface area contributed by atoms with Crippen LogP contribution in [0.3, 0.4) is 0 Å². The van der Waals surface area contributed by atoms with E-state index in [1.807, 2.05) is 0 Å². The Morgan fingerprint density at radius 3 is 2.52 bits per heavy atom. The highest BCUT2D eigenvalue weighted by Crippen LogP contribution is 2.51. The molecular formula is C14H13F5O2.